The zero-order chi connectivity index (χ0) is 27.3. The molecule has 0 aliphatic heterocycles. The minimum atomic E-state index is -4.03. The highest BCUT2D eigenvalue weighted by Crippen LogP contribution is 2.24. The molecule has 0 spiro atoms. The van der Waals surface area contributed by atoms with Crippen LogP contribution in [0.5, 0.6) is 0 Å². The summed E-state index contributed by atoms with van der Waals surface area (Å²) in [5.74, 6) is 0.809. The second-order valence-electron chi connectivity index (χ2n) is 8.94. The van der Waals surface area contributed by atoms with Crippen molar-refractivity contribution in [2.75, 3.05) is 11.9 Å². The number of nitrogens with one attached hydrogen (secondary N) is 1. The van der Waals surface area contributed by atoms with E-state index in [0.29, 0.717) is 39.4 Å². The van der Waals surface area contributed by atoms with Gasteiger partial charge in [-0.25, -0.2) is 8.42 Å². The molecule has 1 N–H and O–H groups in total. The monoisotopic (exact) mass is 572 g/mol. The van der Waals surface area contributed by atoms with Crippen LogP contribution in [0.1, 0.15) is 42.6 Å². The maximum atomic E-state index is 13.4. The van der Waals surface area contributed by atoms with Gasteiger partial charge in [-0.3, -0.25) is 4.79 Å². The van der Waals surface area contributed by atoms with Gasteiger partial charge in [0.05, 0.1) is 11.4 Å². The van der Waals surface area contributed by atoms with E-state index in [2.05, 4.69) is 15.5 Å². The van der Waals surface area contributed by atoms with Crippen LogP contribution >= 0.6 is 23.2 Å². The Morgan fingerprint density at radius 3 is 2.32 bits per heavy atom. The van der Waals surface area contributed by atoms with Crippen molar-refractivity contribution >= 4 is 44.8 Å². The Kier molecular flexibility index (Phi) is 8.83. The summed E-state index contributed by atoms with van der Waals surface area (Å²) in [5.41, 5.74) is 2.03. The summed E-state index contributed by atoms with van der Waals surface area (Å²) in [6, 6.07) is 19.8. The molecule has 0 saturated carbocycles. The van der Waals surface area contributed by atoms with Crippen molar-refractivity contribution in [1.82, 2.24) is 14.4 Å². The second-order valence-corrected chi connectivity index (χ2v) is 11.7. The molecule has 1 amide bonds. The Morgan fingerprint density at radius 2 is 1.68 bits per heavy atom. The first-order valence-electron chi connectivity index (χ1n) is 11.8. The Morgan fingerprint density at radius 1 is 1.00 bits per heavy atom. The number of rotatable bonds is 10. The molecule has 4 aromatic rings. The minimum Gasteiger partial charge on any atom is -0.339 e. The van der Waals surface area contributed by atoms with Gasteiger partial charge in [-0.2, -0.15) is 9.29 Å². The third-order valence-electron chi connectivity index (χ3n) is 5.65. The fraction of sp³-hybridized carbons (Fsp3) is 0.222. The van der Waals surface area contributed by atoms with Crippen LogP contribution in [0.25, 0.3) is 0 Å². The molecule has 0 radical (unpaired) electrons. The predicted octanol–water partition coefficient (Wildman–Crippen LogP) is 5.92. The van der Waals surface area contributed by atoms with Crippen molar-refractivity contribution in [2.24, 2.45) is 0 Å². The molecule has 4 rings (SSSR count). The van der Waals surface area contributed by atoms with Crippen molar-refractivity contribution in [3.05, 3.63) is 106 Å². The number of carbonyl (C=O) groups is 1. The molecule has 0 fully saturated rings. The standard InChI is InChI=1S/C27H26Cl2N4O4S/c1-18(2)27-31-25(32-37-27)15-19-7-11-22(12-8-19)30-26(34)17-33(16-20-5-3-4-6-24(20)29)38(35,36)23-13-9-21(28)10-14-23/h3-14,18H,15-17H2,1-2H3,(H,30,34). The van der Waals surface area contributed by atoms with Crippen LogP contribution < -0.4 is 5.32 Å². The zero-order valence-electron chi connectivity index (χ0n) is 20.8. The van der Waals surface area contributed by atoms with Crippen LogP contribution in [-0.4, -0.2) is 35.3 Å². The maximum absolute atomic E-state index is 13.4. The lowest BCUT2D eigenvalue weighted by atomic mass is 10.1. The van der Waals surface area contributed by atoms with Gasteiger partial charge in [-0.1, -0.05) is 72.5 Å². The number of sulfonamides is 1. The number of hydrogen-bond acceptors (Lipinski definition) is 6. The fourth-order valence-corrected chi connectivity index (χ4v) is 5.32. The smallest absolute Gasteiger partial charge is 0.243 e. The van der Waals surface area contributed by atoms with E-state index in [-0.39, 0.29) is 17.4 Å². The van der Waals surface area contributed by atoms with E-state index < -0.39 is 22.5 Å². The van der Waals surface area contributed by atoms with Crippen LogP contribution in [0.2, 0.25) is 10.0 Å². The lowest BCUT2D eigenvalue weighted by molar-refractivity contribution is -0.116. The molecule has 8 nitrogen and oxygen atoms in total. The number of anilines is 1. The molecule has 11 heteroatoms. The summed E-state index contributed by atoms with van der Waals surface area (Å²) in [6.45, 7) is 3.45. The summed E-state index contributed by atoms with van der Waals surface area (Å²) < 4.78 is 33.2. The summed E-state index contributed by atoms with van der Waals surface area (Å²) in [4.78, 5) is 17.4. The predicted molar refractivity (Wildman–Crippen MR) is 147 cm³/mol. The van der Waals surface area contributed by atoms with Crippen LogP contribution in [0.4, 0.5) is 5.69 Å². The summed E-state index contributed by atoms with van der Waals surface area (Å²) in [6.07, 6.45) is 0.482. The molecule has 1 aromatic heterocycles. The highest BCUT2D eigenvalue weighted by molar-refractivity contribution is 7.89. The van der Waals surface area contributed by atoms with Crippen molar-refractivity contribution in [1.29, 1.82) is 0 Å². The average Bonchev–Trinajstić information content (AvgIpc) is 3.35. The Balaban J connectivity index is 1.48. The van der Waals surface area contributed by atoms with E-state index in [0.717, 1.165) is 9.87 Å². The molecular weight excluding hydrogens is 547 g/mol. The lowest BCUT2D eigenvalue weighted by Gasteiger charge is -2.22. The van der Waals surface area contributed by atoms with E-state index in [4.69, 9.17) is 27.7 Å². The highest BCUT2D eigenvalue weighted by Gasteiger charge is 2.27. The maximum Gasteiger partial charge on any atom is 0.243 e. The van der Waals surface area contributed by atoms with Crippen LogP contribution in [0.3, 0.4) is 0 Å². The largest absolute Gasteiger partial charge is 0.339 e. The average molecular weight is 574 g/mol. The Bertz CT molecular complexity index is 1500. The molecule has 0 saturated heterocycles. The minimum absolute atomic E-state index is 0.0215. The van der Waals surface area contributed by atoms with Crippen LogP contribution in [-0.2, 0) is 27.8 Å². The highest BCUT2D eigenvalue weighted by atomic mass is 35.5. The molecule has 1 heterocycles. The molecule has 3 aromatic carbocycles. The van der Waals surface area contributed by atoms with Crippen molar-refractivity contribution in [2.45, 2.75) is 37.6 Å². The van der Waals surface area contributed by atoms with Gasteiger partial charge in [-0.15, -0.1) is 0 Å². The van der Waals surface area contributed by atoms with Gasteiger partial charge in [0.25, 0.3) is 0 Å². The van der Waals surface area contributed by atoms with E-state index in [9.17, 15) is 13.2 Å². The quantitative estimate of drug-likeness (QED) is 0.253. The fourth-order valence-electron chi connectivity index (χ4n) is 3.62. The molecular formula is C27H26Cl2N4O4S. The number of benzene rings is 3. The van der Waals surface area contributed by atoms with Gasteiger partial charge in [-0.05, 0) is 53.6 Å². The number of halogens is 2. The number of amides is 1. The Labute approximate surface area is 231 Å². The normalized spacial score (nSPS) is 11.7. The van der Waals surface area contributed by atoms with Gasteiger partial charge in [0.15, 0.2) is 5.82 Å². The molecule has 0 aliphatic rings. The first kappa shape index (κ1) is 27.8. The SMILES string of the molecule is CC(C)c1nc(Cc2ccc(NC(=O)CN(Cc3ccccc3Cl)S(=O)(=O)c3ccc(Cl)cc3)cc2)no1. The van der Waals surface area contributed by atoms with Crippen molar-refractivity contribution in [3.63, 3.8) is 0 Å². The second kappa shape index (κ2) is 12.1. The van der Waals surface area contributed by atoms with E-state index in [1.807, 2.05) is 26.0 Å². The molecule has 0 bridgehead atoms. The van der Waals surface area contributed by atoms with E-state index >= 15 is 0 Å². The van der Waals surface area contributed by atoms with E-state index in [1.54, 1.807) is 36.4 Å². The third-order valence-corrected chi connectivity index (χ3v) is 8.08. The van der Waals surface area contributed by atoms with Gasteiger partial charge in [0, 0.05) is 34.6 Å². The molecule has 0 atom stereocenters. The van der Waals surface area contributed by atoms with Gasteiger partial charge in [0.1, 0.15) is 0 Å². The summed E-state index contributed by atoms with van der Waals surface area (Å²) in [5, 5.41) is 7.57. The topological polar surface area (TPSA) is 105 Å². The summed E-state index contributed by atoms with van der Waals surface area (Å²) in [7, 11) is -4.03. The van der Waals surface area contributed by atoms with Gasteiger partial charge >= 0.3 is 0 Å². The molecule has 38 heavy (non-hydrogen) atoms. The van der Waals surface area contributed by atoms with E-state index in [1.165, 1.54) is 24.3 Å². The van der Waals surface area contributed by atoms with Crippen LogP contribution in [0.15, 0.2) is 82.2 Å². The van der Waals surface area contributed by atoms with Crippen LogP contribution in [0, 0.1) is 0 Å². The van der Waals surface area contributed by atoms with Crippen molar-refractivity contribution < 1.29 is 17.7 Å². The number of hydrogen-bond donors (Lipinski definition) is 1. The first-order valence-corrected chi connectivity index (χ1v) is 14.0. The van der Waals surface area contributed by atoms with Gasteiger partial charge < -0.3 is 9.84 Å². The molecule has 0 aliphatic carbocycles. The molecule has 0 unspecified atom stereocenters. The number of carbonyl (C=O) groups excluding carboxylic acids is 1. The van der Waals surface area contributed by atoms with Gasteiger partial charge in [0.2, 0.25) is 21.8 Å². The number of aromatic nitrogens is 2. The first-order chi connectivity index (χ1) is 18.1. The van der Waals surface area contributed by atoms with Crippen molar-refractivity contribution in [3.8, 4) is 0 Å². The number of nitrogens with zero attached hydrogens (tertiary/aromatic N) is 3. The zero-order valence-corrected chi connectivity index (χ0v) is 23.1. The Hall–Kier alpha value is -3.24. The third kappa shape index (κ3) is 6.99. The lowest BCUT2D eigenvalue weighted by Crippen LogP contribution is -2.37. The summed E-state index contributed by atoms with van der Waals surface area (Å²) >= 11 is 12.2. The molecule has 198 valence electrons.